The molecule has 0 spiro atoms. The van der Waals surface area contributed by atoms with Gasteiger partial charge >= 0.3 is 26.2 Å². The summed E-state index contributed by atoms with van der Waals surface area (Å²) in [6.45, 7) is 2.12. The topological polar surface area (TPSA) is 0 Å². The van der Waals surface area contributed by atoms with Crippen LogP contribution >= 0.6 is 0 Å². The fourth-order valence-corrected chi connectivity index (χ4v) is 2.97. The Labute approximate surface area is 165 Å². The zero-order valence-corrected chi connectivity index (χ0v) is 16.7. The van der Waals surface area contributed by atoms with Gasteiger partial charge in [0.25, 0.3) is 0 Å². The molecule has 3 heteroatoms. The minimum atomic E-state index is 0. The molecule has 22 heavy (non-hydrogen) atoms. The summed E-state index contributed by atoms with van der Waals surface area (Å²) >= 11 is 0. The van der Waals surface area contributed by atoms with Crippen LogP contribution in [0.2, 0.25) is 0 Å². The Kier molecular flexibility index (Phi) is 10.3. The third-order valence-corrected chi connectivity index (χ3v) is 3.97. The molecule has 2 aliphatic rings. The Morgan fingerprint density at radius 2 is 1.91 bits per heavy atom. The fraction of sp³-hybridized carbons (Fsp3) is 0.263. The van der Waals surface area contributed by atoms with E-state index in [1.165, 1.54) is 35.6 Å². The molecule has 0 N–H and O–H groups in total. The normalized spacial score (nSPS) is 17.5. The zero-order chi connectivity index (χ0) is 13.1. The van der Waals surface area contributed by atoms with Gasteiger partial charge in [0.1, 0.15) is 0 Å². The maximum absolute atomic E-state index is 2.37. The van der Waals surface area contributed by atoms with Crippen molar-refractivity contribution in [3.63, 3.8) is 0 Å². The van der Waals surface area contributed by atoms with Crippen LogP contribution in [0.1, 0.15) is 24.8 Å². The van der Waals surface area contributed by atoms with E-state index in [9.17, 15) is 0 Å². The molecule has 1 fully saturated rings. The summed E-state index contributed by atoms with van der Waals surface area (Å²) < 4.78 is 0. The summed E-state index contributed by atoms with van der Waals surface area (Å²) in [4.78, 5) is 0. The first-order valence-electron chi connectivity index (χ1n) is 7.15. The van der Waals surface area contributed by atoms with Crippen molar-refractivity contribution >= 4 is 10.8 Å². The van der Waals surface area contributed by atoms with E-state index in [4.69, 9.17) is 0 Å². The van der Waals surface area contributed by atoms with Crippen molar-refractivity contribution in [1.29, 1.82) is 0 Å². The van der Waals surface area contributed by atoms with Crippen LogP contribution in [0.5, 0.6) is 0 Å². The van der Waals surface area contributed by atoms with E-state index in [2.05, 4.69) is 68.0 Å². The third-order valence-electron chi connectivity index (χ3n) is 3.97. The molecule has 0 aliphatic heterocycles. The van der Waals surface area contributed by atoms with Crippen LogP contribution in [0.15, 0.2) is 60.2 Å². The second kappa shape index (κ2) is 10.4. The van der Waals surface area contributed by atoms with Gasteiger partial charge in [0.05, 0.1) is 0 Å². The zero-order valence-electron chi connectivity index (χ0n) is 12.7. The molecule has 4 rings (SSSR count). The van der Waals surface area contributed by atoms with Gasteiger partial charge in [-0.1, -0.05) is 19.4 Å². The van der Waals surface area contributed by atoms with Gasteiger partial charge in [-0.3, -0.25) is 0 Å². The van der Waals surface area contributed by atoms with Gasteiger partial charge < -0.3 is 24.8 Å². The molecule has 2 aromatic rings. The largest absolute Gasteiger partial charge is 4.00 e. The molecule has 0 aromatic heterocycles. The molecule has 1 saturated carbocycles. The molecule has 0 saturated heterocycles. The summed E-state index contributed by atoms with van der Waals surface area (Å²) in [5.41, 5.74) is 2.93. The number of fused-ring (bicyclic) bond motifs is 2. The number of hydrogen-bond acceptors (Lipinski definition) is 0. The van der Waals surface area contributed by atoms with Crippen molar-refractivity contribution in [3.8, 4) is 0 Å². The van der Waals surface area contributed by atoms with E-state index in [0.717, 1.165) is 5.92 Å². The Bertz CT molecular complexity index is 592. The Balaban J connectivity index is 0.000000354. The standard InChI is InChI=1S/C10H9.C9H11.2ClH.Zr/c1-8-6-9-4-2-3-5-10(9)7-8;1-2-5-9-7-3-6-8(9)4-1;;;/h2-7H,1H3;1-2,4,6,9H,3,5,7H2;2*1H;/q2*-1;;;+4/p-2. The van der Waals surface area contributed by atoms with E-state index in [0.29, 0.717) is 0 Å². The molecule has 1 atom stereocenters. The van der Waals surface area contributed by atoms with Crippen LogP contribution in [0.3, 0.4) is 0 Å². The number of benzene rings is 1. The van der Waals surface area contributed by atoms with Crippen LogP contribution in [0.4, 0.5) is 0 Å². The average molecular weight is 410 g/mol. The maximum Gasteiger partial charge on any atom is 4.00 e. The van der Waals surface area contributed by atoms with Gasteiger partial charge in [-0.25, -0.2) is 18.1 Å². The first-order valence-corrected chi connectivity index (χ1v) is 7.15. The van der Waals surface area contributed by atoms with E-state index in [1.807, 2.05) is 0 Å². The van der Waals surface area contributed by atoms with Gasteiger partial charge in [0.2, 0.25) is 0 Å². The molecule has 0 nitrogen and oxygen atoms in total. The van der Waals surface area contributed by atoms with Crippen LogP contribution in [-0.4, -0.2) is 0 Å². The Morgan fingerprint density at radius 3 is 2.64 bits per heavy atom. The van der Waals surface area contributed by atoms with E-state index < -0.39 is 0 Å². The van der Waals surface area contributed by atoms with Crippen molar-refractivity contribution < 1.29 is 51.0 Å². The number of hydrogen-bond donors (Lipinski definition) is 0. The number of halogens is 2. The predicted octanol–water partition coefficient (Wildman–Crippen LogP) is -0.640. The molecule has 114 valence electrons. The van der Waals surface area contributed by atoms with Crippen LogP contribution in [0.25, 0.3) is 10.8 Å². The second-order valence-electron chi connectivity index (χ2n) is 5.47. The van der Waals surface area contributed by atoms with Gasteiger partial charge in [0, 0.05) is 0 Å². The molecular weight excluding hydrogens is 390 g/mol. The molecule has 0 bridgehead atoms. The molecule has 2 aliphatic carbocycles. The third kappa shape index (κ3) is 5.37. The van der Waals surface area contributed by atoms with Crippen LogP contribution in [-0.2, 0) is 26.2 Å². The molecule has 0 amide bonds. The summed E-state index contributed by atoms with van der Waals surface area (Å²) in [6.07, 6.45) is 13.0. The quantitative estimate of drug-likeness (QED) is 0.507. The minimum absolute atomic E-state index is 0. The predicted molar refractivity (Wildman–Crippen MR) is 83.1 cm³/mol. The summed E-state index contributed by atoms with van der Waals surface area (Å²) in [5, 5.41) is 2.69. The molecular formula is C19H20Cl2Zr. The smallest absolute Gasteiger partial charge is 1.00 e. The minimum Gasteiger partial charge on any atom is -1.00 e. The summed E-state index contributed by atoms with van der Waals surface area (Å²) in [7, 11) is 0. The Hall–Kier alpha value is -0.357. The SMILES string of the molecule is C1=CCC2CC[CH-]C2=C1.Cc1cc2ccccc2[cH-]1.[Cl-].[Cl-].[Zr+4]. The summed E-state index contributed by atoms with van der Waals surface area (Å²) in [6, 6.07) is 12.8. The van der Waals surface area contributed by atoms with Gasteiger partial charge in [-0.05, 0) is 12.3 Å². The van der Waals surface area contributed by atoms with E-state index in [1.54, 1.807) is 5.57 Å². The molecule has 1 unspecified atom stereocenters. The van der Waals surface area contributed by atoms with E-state index >= 15 is 0 Å². The van der Waals surface area contributed by atoms with Crippen molar-refractivity contribution in [3.05, 3.63) is 72.2 Å². The average Bonchev–Trinajstić information content (AvgIpc) is 3.03. The van der Waals surface area contributed by atoms with Gasteiger partial charge in [0.15, 0.2) is 0 Å². The molecule has 0 heterocycles. The monoisotopic (exact) mass is 408 g/mol. The van der Waals surface area contributed by atoms with E-state index in [-0.39, 0.29) is 51.0 Å². The molecule has 2 aromatic carbocycles. The van der Waals surface area contributed by atoms with Crippen molar-refractivity contribution in [1.82, 2.24) is 0 Å². The maximum atomic E-state index is 2.37. The molecule has 0 radical (unpaired) electrons. The van der Waals surface area contributed by atoms with Crippen molar-refractivity contribution in [2.75, 3.05) is 0 Å². The number of aryl methyl sites for hydroxylation is 1. The van der Waals surface area contributed by atoms with Crippen LogP contribution < -0.4 is 24.8 Å². The van der Waals surface area contributed by atoms with Gasteiger partial charge in [-0.2, -0.15) is 6.07 Å². The first-order chi connectivity index (χ1) is 9.33. The van der Waals surface area contributed by atoms with Gasteiger partial charge in [-0.15, -0.1) is 59.2 Å². The second-order valence-corrected chi connectivity index (χ2v) is 5.47. The van der Waals surface area contributed by atoms with Crippen LogP contribution in [0, 0.1) is 19.3 Å². The first kappa shape index (κ1) is 21.6. The fourth-order valence-electron chi connectivity index (χ4n) is 2.97. The van der Waals surface area contributed by atoms with Crippen molar-refractivity contribution in [2.45, 2.75) is 26.2 Å². The number of rotatable bonds is 0. The number of allylic oxidation sites excluding steroid dienone is 4. The van der Waals surface area contributed by atoms with Crippen molar-refractivity contribution in [2.24, 2.45) is 5.92 Å². The summed E-state index contributed by atoms with van der Waals surface area (Å²) in [5.74, 6) is 0.884. The Morgan fingerprint density at radius 1 is 1.14 bits per heavy atom.